The molecule has 0 aliphatic rings. The Morgan fingerprint density at radius 3 is 2.72 bits per heavy atom. The standard InChI is InChI=1S/C14H12BrClFN/c1-9-2-4-11(16)6-14(9)18-8-10-3-5-12(17)7-13(10)15/h2-7,18H,8H2,1H3. The minimum Gasteiger partial charge on any atom is -0.381 e. The molecule has 0 saturated carbocycles. The second kappa shape index (κ2) is 5.72. The number of hydrogen-bond donors (Lipinski definition) is 1. The van der Waals surface area contributed by atoms with Crippen LogP contribution in [0.2, 0.25) is 5.02 Å². The van der Waals surface area contributed by atoms with Gasteiger partial charge in [-0.1, -0.05) is 39.7 Å². The first-order valence-electron chi connectivity index (χ1n) is 5.50. The lowest BCUT2D eigenvalue weighted by Crippen LogP contribution is -2.02. The molecule has 0 aliphatic heterocycles. The van der Waals surface area contributed by atoms with Crippen molar-refractivity contribution in [2.45, 2.75) is 13.5 Å². The van der Waals surface area contributed by atoms with Gasteiger partial charge in [0.15, 0.2) is 0 Å². The number of anilines is 1. The van der Waals surface area contributed by atoms with Gasteiger partial charge in [0.2, 0.25) is 0 Å². The molecule has 94 valence electrons. The van der Waals surface area contributed by atoms with E-state index in [1.165, 1.54) is 12.1 Å². The maximum Gasteiger partial charge on any atom is 0.124 e. The molecular weight excluding hydrogens is 317 g/mol. The first-order chi connectivity index (χ1) is 8.56. The normalized spacial score (nSPS) is 10.4. The average molecular weight is 329 g/mol. The topological polar surface area (TPSA) is 12.0 Å². The van der Waals surface area contributed by atoms with Gasteiger partial charge in [0.25, 0.3) is 0 Å². The van der Waals surface area contributed by atoms with Crippen LogP contribution in [0.15, 0.2) is 40.9 Å². The summed E-state index contributed by atoms with van der Waals surface area (Å²) in [4.78, 5) is 0. The SMILES string of the molecule is Cc1ccc(Cl)cc1NCc1ccc(F)cc1Br. The maximum absolute atomic E-state index is 13.0. The molecule has 0 heterocycles. The van der Waals surface area contributed by atoms with E-state index in [9.17, 15) is 4.39 Å². The number of halogens is 3. The molecule has 2 aromatic rings. The molecule has 0 saturated heterocycles. The molecule has 0 spiro atoms. The Labute approximate surface area is 119 Å². The summed E-state index contributed by atoms with van der Waals surface area (Å²) >= 11 is 9.30. The number of aryl methyl sites for hydroxylation is 1. The molecule has 0 aromatic heterocycles. The Hall–Kier alpha value is -1.06. The van der Waals surface area contributed by atoms with Crippen LogP contribution in [0.5, 0.6) is 0 Å². The van der Waals surface area contributed by atoms with Crippen LogP contribution in [-0.4, -0.2) is 0 Å². The highest BCUT2D eigenvalue weighted by molar-refractivity contribution is 9.10. The van der Waals surface area contributed by atoms with Gasteiger partial charge in [0.1, 0.15) is 5.82 Å². The second-order valence-corrected chi connectivity index (χ2v) is 5.34. The molecule has 1 N–H and O–H groups in total. The quantitative estimate of drug-likeness (QED) is 0.820. The van der Waals surface area contributed by atoms with E-state index in [0.717, 1.165) is 21.3 Å². The Bertz CT molecular complexity index is 572. The van der Waals surface area contributed by atoms with Gasteiger partial charge >= 0.3 is 0 Å². The van der Waals surface area contributed by atoms with Crippen molar-refractivity contribution in [1.29, 1.82) is 0 Å². The summed E-state index contributed by atoms with van der Waals surface area (Å²) < 4.78 is 13.7. The summed E-state index contributed by atoms with van der Waals surface area (Å²) in [5.41, 5.74) is 3.10. The van der Waals surface area contributed by atoms with Crippen LogP contribution in [0.4, 0.5) is 10.1 Å². The van der Waals surface area contributed by atoms with E-state index in [1.807, 2.05) is 25.1 Å². The van der Waals surface area contributed by atoms with Crippen molar-refractivity contribution >= 4 is 33.2 Å². The Balaban J connectivity index is 2.13. The van der Waals surface area contributed by atoms with E-state index < -0.39 is 0 Å². The fourth-order valence-corrected chi connectivity index (χ4v) is 2.30. The molecule has 0 aliphatic carbocycles. The van der Waals surface area contributed by atoms with Crippen molar-refractivity contribution in [1.82, 2.24) is 0 Å². The fraction of sp³-hybridized carbons (Fsp3) is 0.143. The summed E-state index contributed by atoms with van der Waals surface area (Å²) in [5.74, 6) is -0.246. The summed E-state index contributed by atoms with van der Waals surface area (Å²) in [6.45, 7) is 2.63. The second-order valence-electron chi connectivity index (χ2n) is 4.05. The van der Waals surface area contributed by atoms with Gasteiger partial charge < -0.3 is 5.32 Å². The lowest BCUT2D eigenvalue weighted by Gasteiger charge is -2.11. The molecule has 0 amide bonds. The molecule has 0 radical (unpaired) electrons. The number of rotatable bonds is 3. The predicted octanol–water partition coefficient (Wildman–Crippen LogP) is 5.16. The highest BCUT2D eigenvalue weighted by atomic mass is 79.9. The Kier molecular flexibility index (Phi) is 4.25. The molecule has 1 nitrogen and oxygen atoms in total. The van der Waals surface area contributed by atoms with E-state index in [4.69, 9.17) is 11.6 Å². The summed E-state index contributed by atoms with van der Waals surface area (Å²) in [6, 6.07) is 10.4. The van der Waals surface area contributed by atoms with Crippen LogP contribution in [0.25, 0.3) is 0 Å². The zero-order valence-electron chi connectivity index (χ0n) is 9.81. The first kappa shape index (κ1) is 13.4. The van der Waals surface area contributed by atoms with Crippen molar-refractivity contribution < 1.29 is 4.39 Å². The third-order valence-electron chi connectivity index (χ3n) is 2.68. The minimum absolute atomic E-state index is 0.246. The number of hydrogen-bond acceptors (Lipinski definition) is 1. The molecule has 0 bridgehead atoms. The number of nitrogens with one attached hydrogen (secondary N) is 1. The maximum atomic E-state index is 13.0. The molecular formula is C14H12BrClFN. The lowest BCUT2D eigenvalue weighted by molar-refractivity contribution is 0.626. The zero-order chi connectivity index (χ0) is 13.1. The van der Waals surface area contributed by atoms with E-state index in [0.29, 0.717) is 11.6 Å². The van der Waals surface area contributed by atoms with E-state index in [2.05, 4.69) is 21.2 Å². The van der Waals surface area contributed by atoms with Crippen LogP contribution in [0.3, 0.4) is 0 Å². The molecule has 0 unspecified atom stereocenters. The smallest absolute Gasteiger partial charge is 0.124 e. The molecule has 4 heteroatoms. The predicted molar refractivity (Wildman–Crippen MR) is 77.6 cm³/mol. The van der Waals surface area contributed by atoms with Crippen LogP contribution >= 0.6 is 27.5 Å². The highest BCUT2D eigenvalue weighted by Crippen LogP contribution is 2.23. The Morgan fingerprint density at radius 1 is 1.22 bits per heavy atom. The summed E-state index contributed by atoms with van der Waals surface area (Å²) in [6.07, 6.45) is 0. The van der Waals surface area contributed by atoms with E-state index in [1.54, 1.807) is 6.07 Å². The van der Waals surface area contributed by atoms with Crippen molar-refractivity contribution in [2.24, 2.45) is 0 Å². The van der Waals surface area contributed by atoms with Gasteiger partial charge in [-0.15, -0.1) is 0 Å². The zero-order valence-corrected chi connectivity index (χ0v) is 12.1. The van der Waals surface area contributed by atoms with Gasteiger partial charge in [-0.2, -0.15) is 0 Å². The lowest BCUT2D eigenvalue weighted by atomic mass is 10.1. The van der Waals surface area contributed by atoms with Gasteiger partial charge in [-0.05, 0) is 42.3 Å². The van der Waals surface area contributed by atoms with Crippen molar-refractivity contribution in [3.8, 4) is 0 Å². The first-order valence-corrected chi connectivity index (χ1v) is 6.67. The van der Waals surface area contributed by atoms with Gasteiger partial charge in [0, 0.05) is 21.7 Å². The average Bonchev–Trinajstić information content (AvgIpc) is 2.32. The van der Waals surface area contributed by atoms with E-state index >= 15 is 0 Å². The van der Waals surface area contributed by atoms with Gasteiger partial charge in [0.05, 0.1) is 0 Å². The van der Waals surface area contributed by atoms with Crippen LogP contribution in [0, 0.1) is 12.7 Å². The van der Waals surface area contributed by atoms with Crippen molar-refractivity contribution in [3.05, 3.63) is 62.8 Å². The summed E-state index contributed by atoms with van der Waals surface area (Å²) in [5, 5.41) is 3.99. The Morgan fingerprint density at radius 2 is 2.00 bits per heavy atom. The highest BCUT2D eigenvalue weighted by Gasteiger charge is 2.03. The van der Waals surface area contributed by atoms with Crippen LogP contribution < -0.4 is 5.32 Å². The molecule has 2 aromatic carbocycles. The number of benzene rings is 2. The summed E-state index contributed by atoms with van der Waals surface area (Å²) in [7, 11) is 0. The third-order valence-corrected chi connectivity index (χ3v) is 3.66. The van der Waals surface area contributed by atoms with Gasteiger partial charge in [-0.3, -0.25) is 0 Å². The fourth-order valence-electron chi connectivity index (χ4n) is 1.64. The van der Waals surface area contributed by atoms with Gasteiger partial charge in [-0.25, -0.2) is 4.39 Å². The van der Waals surface area contributed by atoms with Crippen LogP contribution in [-0.2, 0) is 6.54 Å². The molecule has 0 atom stereocenters. The van der Waals surface area contributed by atoms with E-state index in [-0.39, 0.29) is 5.82 Å². The molecule has 0 fully saturated rings. The third kappa shape index (κ3) is 3.24. The monoisotopic (exact) mass is 327 g/mol. The largest absolute Gasteiger partial charge is 0.381 e. The molecule has 18 heavy (non-hydrogen) atoms. The molecule has 2 rings (SSSR count). The van der Waals surface area contributed by atoms with Crippen molar-refractivity contribution in [3.63, 3.8) is 0 Å². The van der Waals surface area contributed by atoms with Crippen molar-refractivity contribution in [2.75, 3.05) is 5.32 Å². The minimum atomic E-state index is -0.246. The van der Waals surface area contributed by atoms with Crippen LogP contribution in [0.1, 0.15) is 11.1 Å².